The number of hydrogen-bond acceptors (Lipinski definition) is 2. The van der Waals surface area contributed by atoms with Crippen molar-refractivity contribution >= 4 is 6.03 Å². The number of amides is 2. The molecule has 2 amide bonds. The lowest BCUT2D eigenvalue weighted by molar-refractivity contribution is 0.0324. The molecule has 0 heterocycles. The lowest BCUT2D eigenvalue weighted by Crippen LogP contribution is -2.44. The van der Waals surface area contributed by atoms with Gasteiger partial charge in [0.05, 0.1) is 12.1 Å². The van der Waals surface area contributed by atoms with Crippen molar-refractivity contribution in [1.29, 1.82) is 0 Å². The third-order valence-corrected chi connectivity index (χ3v) is 4.95. The maximum absolute atomic E-state index is 12.3. The smallest absolute Gasteiger partial charge is 0.317 e. The van der Waals surface area contributed by atoms with Crippen LogP contribution in [0.1, 0.15) is 31.4 Å². The molecule has 0 unspecified atom stereocenters. The summed E-state index contributed by atoms with van der Waals surface area (Å²) in [7, 11) is 1.81. The van der Waals surface area contributed by atoms with Gasteiger partial charge in [-0.3, -0.25) is 0 Å². The Morgan fingerprint density at radius 2 is 1.72 bits per heavy atom. The zero-order chi connectivity index (χ0) is 17.8. The minimum Gasteiger partial charge on any atom is -0.393 e. The van der Waals surface area contributed by atoms with Gasteiger partial charge in [0.25, 0.3) is 0 Å². The summed E-state index contributed by atoms with van der Waals surface area (Å²) in [5.41, 5.74) is 3.44. The van der Waals surface area contributed by atoms with Crippen LogP contribution in [0.5, 0.6) is 0 Å². The van der Waals surface area contributed by atoms with E-state index in [1.165, 1.54) is 11.1 Å². The lowest BCUT2D eigenvalue weighted by Gasteiger charge is -2.34. The first kappa shape index (κ1) is 17.5. The van der Waals surface area contributed by atoms with Crippen molar-refractivity contribution in [3.8, 4) is 11.1 Å². The molecule has 25 heavy (non-hydrogen) atoms. The van der Waals surface area contributed by atoms with E-state index >= 15 is 0 Å². The third-order valence-electron chi connectivity index (χ3n) is 4.95. The summed E-state index contributed by atoms with van der Waals surface area (Å²) in [5.74, 6) is 0.422. The van der Waals surface area contributed by atoms with Crippen molar-refractivity contribution in [2.75, 3.05) is 13.6 Å². The highest BCUT2D eigenvalue weighted by Gasteiger charge is 2.29. The van der Waals surface area contributed by atoms with Crippen LogP contribution in [0.3, 0.4) is 0 Å². The predicted octanol–water partition coefficient (Wildman–Crippen LogP) is 3.83. The Morgan fingerprint density at radius 3 is 2.32 bits per heavy atom. The number of nitrogens with zero attached hydrogens (tertiary/aromatic N) is 1. The van der Waals surface area contributed by atoms with Crippen LogP contribution in [0, 0.1) is 5.92 Å². The van der Waals surface area contributed by atoms with Crippen molar-refractivity contribution in [1.82, 2.24) is 10.2 Å². The Morgan fingerprint density at radius 1 is 1.12 bits per heavy atom. The molecule has 1 aliphatic rings. The predicted molar refractivity (Wildman–Crippen MR) is 100 cm³/mol. The molecule has 0 saturated heterocycles. The summed E-state index contributed by atoms with van der Waals surface area (Å²) >= 11 is 0. The van der Waals surface area contributed by atoms with Gasteiger partial charge in [-0.25, -0.2) is 4.79 Å². The van der Waals surface area contributed by atoms with E-state index in [1.54, 1.807) is 4.90 Å². The first-order chi connectivity index (χ1) is 12.0. The van der Waals surface area contributed by atoms with E-state index in [0.29, 0.717) is 12.5 Å². The normalized spacial score (nSPS) is 20.4. The first-order valence-corrected chi connectivity index (χ1v) is 8.88. The summed E-state index contributed by atoms with van der Waals surface area (Å²) in [5, 5.41) is 12.4. The van der Waals surface area contributed by atoms with Gasteiger partial charge in [0.2, 0.25) is 0 Å². The fourth-order valence-corrected chi connectivity index (χ4v) is 3.29. The number of nitrogens with one attached hydrogen (secondary N) is 1. The molecule has 1 aliphatic carbocycles. The highest BCUT2D eigenvalue weighted by atomic mass is 16.3. The molecule has 2 aromatic carbocycles. The van der Waals surface area contributed by atoms with Crippen LogP contribution in [-0.4, -0.2) is 35.7 Å². The number of carbonyl (C=O) groups excluding carboxylic acids is 1. The molecule has 2 aromatic rings. The molecular weight excluding hydrogens is 312 g/mol. The van der Waals surface area contributed by atoms with Gasteiger partial charge in [-0.05, 0) is 42.4 Å². The molecule has 132 valence electrons. The van der Waals surface area contributed by atoms with Gasteiger partial charge >= 0.3 is 6.03 Å². The molecule has 0 radical (unpaired) electrons. The average molecular weight is 338 g/mol. The fraction of sp³-hybridized carbons (Fsp3) is 0.381. The van der Waals surface area contributed by atoms with Gasteiger partial charge in [0.1, 0.15) is 0 Å². The molecule has 4 heteroatoms. The molecule has 0 spiro atoms. The molecule has 1 fully saturated rings. The van der Waals surface area contributed by atoms with Gasteiger partial charge in [-0.1, -0.05) is 54.6 Å². The van der Waals surface area contributed by atoms with Crippen LogP contribution in [-0.2, 0) is 0 Å². The summed E-state index contributed by atoms with van der Waals surface area (Å²) in [6.07, 6.45) is 1.42. The zero-order valence-corrected chi connectivity index (χ0v) is 14.9. The van der Waals surface area contributed by atoms with Crippen LogP contribution < -0.4 is 5.32 Å². The Labute approximate surface area is 149 Å². The Bertz CT molecular complexity index is 694. The Hall–Kier alpha value is -2.33. The third kappa shape index (κ3) is 4.40. The highest BCUT2D eigenvalue weighted by molar-refractivity contribution is 5.74. The SMILES string of the molecule is C[C@@H](NC(=O)N(C)CC1CC(O)C1)c1ccc(-c2ccccc2)cc1. The van der Waals surface area contributed by atoms with Crippen molar-refractivity contribution in [3.63, 3.8) is 0 Å². The van der Waals surface area contributed by atoms with Gasteiger partial charge in [0.15, 0.2) is 0 Å². The molecule has 1 atom stereocenters. The summed E-state index contributed by atoms with van der Waals surface area (Å²) < 4.78 is 0. The highest BCUT2D eigenvalue weighted by Crippen LogP contribution is 2.27. The van der Waals surface area contributed by atoms with Crippen LogP contribution in [0.2, 0.25) is 0 Å². The summed E-state index contributed by atoms with van der Waals surface area (Å²) in [4.78, 5) is 14.0. The standard InChI is InChI=1S/C21H26N2O2/c1-15(22-21(25)23(2)14-16-12-20(24)13-16)17-8-10-19(11-9-17)18-6-4-3-5-7-18/h3-11,15-16,20,24H,12-14H2,1-2H3,(H,22,25)/t15-,16?,20?/m1/s1. The minimum atomic E-state index is -0.177. The number of aliphatic hydroxyl groups excluding tert-OH is 1. The molecule has 1 saturated carbocycles. The topological polar surface area (TPSA) is 52.6 Å². The van der Waals surface area contributed by atoms with E-state index in [1.807, 2.05) is 32.2 Å². The Kier molecular flexibility index (Phi) is 5.39. The van der Waals surface area contributed by atoms with Gasteiger partial charge in [-0.15, -0.1) is 0 Å². The van der Waals surface area contributed by atoms with Gasteiger partial charge < -0.3 is 15.3 Å². The quantitative estimate of drug-likeness (QED) is 0.870. The van der Waals surface area contributed by atoms with E-state index < -0.39 is 0 Å². The van der Waals surface area contributed by atoms with Crippen molar-refractivity contribution in [2.24, 2.45) is 5.92 Å². The fourth-order valence-electron chi connectivity index (χ4n) is 3.29. The maximum atomic E-state index is 12.3. The molecule has 4 nitrogen and oxygen atoms in total. The lowest BCUT2D eigenvalue weighted by atomic mass is 9.82. The molecule has 0 aliphatic heterocycles. The van der Waals surface area contributed by atoms with Crippen molar-refractivity contribution in [3.05, 3.63) is 60.2 Å². The van der Waals surface area contributed by atoms with E-state index in [2.05, 4.69) is 41.7 Å². The number of rotatable bonds is 5. The number of carbonyl (C=O) groups is 1. The van der Waals surface area contributed by atoms with Gasteiger partial charge in [-0.2, -0.15) is 0 Å². The zero-order valence-electron chi connectivity index (χ0n) is 14.9. The number of urea groups is 1. The molecule has 3 rings (SSSR count). The van der Waals surface area contributed by atoms with E-state index in [-0.39, 0.29) is 18.2 Å². The molecular formula is C21H26N2O2. The van der Waals surface area contributed by atoms with Crippen LogP contribution >= 0.6 is 0 Å². The van der Waals surface area contributed by atoms with Crippen molar-refractivity contribution in [2.45, 2.75) is 31.9 Å². The largest absolute Gasteiger partial charge is 0.393 e. The van der Waals surface area contributed by atoms with E-state index in [4.69, 9.17) is 0 Å². The maximum Gasteiger partial charge on any atom is 0.317 e. The van der Waals surface area contributed by atoms with E-state index in [0.717, 1.165) is 18.4 Å². The summed E-state index contributed by atoms with van der Waals surface area (Å²) in [6, 6.07) is 18.4. The summed E-state index contributed by atoms with van der Waals surface area (Å²) in [6.45, 7) is 2.69. The van der Waals surface area contributed by atoms with Crippen LogP contribution in [0.25, 0.3) is 11.1 Å². The monoisotopic (exact) mass is 338 g/mol. The first-order valence-electron chi connectivity index (χ1n) is 8.88. The van der Waals surface area contributed by atoms with Crippen LogP contribution in [0.4, 0.5) is 4.79 Å². The second-order valence-electron chi connectivity index (χ2n) is 7.03. The number of aliphatic hydroxyl groups is 1. The number of benzene rings is 2. The molecule has 0 bridgehead atoms. The average Bonchev–Trinajstić information content (AvgIpc) is 2.61. The Balaban J connectivity index is 1.55. The van der Waals surface area contributed by atoms with Crippen LogP contribution in [0.15, 0.2) is 54.6 Å². The second kappa shape index (κ2) is 7.70. The molecule has 0 aromatic heterocycles. The molecule has 2 N–H and O–H groups in total. The van der Waals surface area contributed by atoms with Crippen molar-refractivity contribution < 1.29 is 9.90 Å². The number of hydrogen-bond donors (Lipinski definition) is 2. The van der Waals surface area contributed by atoms with Gasteiger partial charge in [0, 0.05) is 13.6 Å². The minimum absolute atomic E-state index is 0.0493. The van der Waals surface area contributed by atoms with E-state index in [9.17, 15) is 9.90 Å². The second-order valence-corrected chi connectivity index (χ2v) is 7.03.